The van der Waals surface area contributed by atoms with E-state index in [-0.39, 0.29) is 25.6 Å². The number of hydrogen-bond acceptors (Lipinski definition) is 4. The Bertz CT molecular complexity index is 759. The summed E-state index contributed by atoms with van der Waals surface area (Å²) in [5.74, 6) is -1.04. The molecule has 1 atom stereocenters. The molecule has 0 spiro atoms. The summed E-state index contributed by atoms with van der Waals surface area (Å²) < 4.78 is 10.3. The average molecular weight is 355 g/mol. The fraction of sp³-hybridized carbons (Fsp3) is 0.300. The van der Waals surface area contributed by atoms with Gasteiger partial charge in [0, 0.05) is 13.0 Å². The molecule has 136 valence electrons. The molecule has 0 fully saturated rings. The Kier molecular flexibility index (Phi) is 5.53. The second kappa shape index (κ2) is 8.01. The van der Waals surface area contributed by atoms with Crippen molar-refractivity contribution in [3.63, 3.8) is 0 Å². The average Bonchev–Trinajstić information content (AvgIpc) is 2.94. The number of rotatable bonds is 7. The first kappa shape index (κ1) is 17.9. The zero-order chi connectivity index (χ0) is 18.5. The molecule has 6 nitrogen and oxygen atoms in total. The highest BCUT2D eigenvalue weighted by molar-refractivity contribution is 5.79. The Morgan fingerprint density at radius 3 is 2.19 bits per heavy atom. The molecule has 0 bridgehead atoms. The van der Waals surface area contributed by atoms with Crippen LogP contribution in [0.1, 0.15) is 23.5 Å². The molecule has 6 heteroatoms. The molecule has 26 heavy (non-hydrogen) atoms. The van der Waals surface area contributed by atoms with Crippen LogP contribution < -0.4 is 5.32 Å². The van der Waals surface area contributed by atoms with Crippen LogP contribution in [0, 0.1) is 0 Å². The van der Waals surface area contributed by atoms with Crippen LogP contribution in [0.15, 0.2) is 48.5 Å². The number of carboxylic acids is 1. The van der Waals surface area contributed by atoms with Gasteiger partial charge in [0.05, 0.1) is 19.1 Å². The third kappa shape index (κ3) is 3.86. The number of carbonyl (C=O) groups excluding carboxylic acids is 1. The van der Waals surface area contributed by atoms with Gasteiger partial charge >= 0.3 is 12.1 Å². The Morgan fingerprint density at radius 2 is 1.65 bits per heavy atom. The summed E-state index contributed by atoms with van der Waals surface area (Å²) in [5.41, 5.74) is 4.56. The molecule has 0 saturated carbocycles. The smallest absolute Gasteiger partial charge is 0.407 e. The van der Waals surface area contributed by atoms with Crippen LogP contribution in [-0.2, 0) is 14.3 Å². The molecule has 2 aromatic carbocycles. The van der Waals surface area contributed by atoms with Crippen molar-refractivity contribution in [2.24, 2.45) is 0 Å². The molecule has 1 aliphatic rings. The first-order valence-electron chi connectivity index (χ1n) is 8.42. The van der Waals surface area contributed by atoms with Gasteiger partial charge in [-0.1, -0.05) is 48.5 Å². The lowest BCUT2D eigenvalue weighted by molar-refractivity contribution is -0.137. The van der Waals surface area contributed by atoms with E-state index in [4.69, 9.17) is 14.6 Å². The highest BCUT2D eigenvalue weighted by atomic mass is 16.5. The van der Waals surface area contributed by atoms with Crippen LogP contribution in [0.5, 0.6) is 0 Å². The van der Waals surface area contributed by atoms with Gasteiger partial charge in [-0.25, -0.2) is 4.79 Å². The number of hydrogen-bond donors (Lipinski definition) is 2. The molecule has 0 radical (unpaired) electrons. The first-order valence-corrected chi connectivity index (χ1v) is 8.42. The largest absolute Gasteiger partial charge is 0.481 e. The van der Waals surface area contributed by atoms with Crippen molar-refractivity contribution in [2.45, 2.75) is 18.4 Å². The van der Waals surface area contributed by atoms with Gasteiger partial charge in [0.25, 0.3) is 0 Å². The highest BCUT2D eigenvalue weighted by Crippen LogP contribution is 2.44. The van der Waals surface area contributed by atoms with E-state index in [9.17, 15) is 9.59 Å². The van der Waals surface area contributed by atoms with Crippen molar-refractivity contribution < 1.29 is 24.2 Å². The van der Waals surface area contributed by atoms with Crippen molar-refractivity contribution in [2.75, 3.05) is 20.3 Å². The third-order valence-electron chi connectivity index (χ3n) is 4.45. The molecule has 0 unspecified atom stereocenters. The summed E-state index contributed by atoms with van der Waals surface area (Å²) >= 11 is 0. The number of amides is 1. The molecule has 0 aliphatic heterocycles. The standard InChI is InChI=1S/C20H21NO5/c1-25-11-13(10-19(22)23)21-20(24)26-12-18-16-8-4-2-6-14(16)15-7-3-5-9-17(15)18/h2-9,13,18H,10-12H2,1H3,(H,21,24)(H,22,23)/t13-/m1/s1. The van der Waals surface area contributed by atoms with Crippen molar-refractivity contribution in [1.29, 1.82) is 0 Å². The van der Waals surface area contributed by atoms with E-state index in [2.05, 4.69) is 17.4 Å². The first-order chi connectivity index (χ1) is 12.6. The van der Waals surface area contributed by atoms with Gasteiger partial charge in [-0.3, -0.25) is 4.79 Å². The summed E-state index contributed by atoms with van der Waals surface area (Å²) in [6.07, 6.45) is -0.868. The van der Waals surface area contributed by atoms with E-state index in [1.54, 1.807) is 0 Å². The van der Waals surface area contributed by atoms with Gasteiger partial charge in [-0.2, -0.15) is 0 Å². The summed E-state index contributed by atoms with van der Waals surface area (Å²) in [5, 5.41) is 11.5. The quantitative estimate of drug-likeness (QED) is 0.797. The molecule has 2 N–H and O–H groups in total. The minimum absolute atomic E-state index is 0.0338. The number of alkyl carbamates (subject to hydrolysis) is 1. The number of nitrogens with one attached hydrogen (secondary N) is 1. The van der Waals surface area contributed by atoms with E-state index in [1.807, 2.05) is 36.4 Å². The number of benzene rings is 2. The van der Waals surface area contributed by atoms with Crippen LogP contribution in [0.25, 0.3) is 11.1 Å². The maximum Gasteiger partial charge on any atom is 0.407 e. The summed E-state index contributed by atoms with van der Waals surface area (Å²) in [6.45, 7) is 0.295. The lowest BCUT2D eigenvalue weighted by Gasteiger charge is -2.18. The van der Waals surface area contributed by atoms with Crippen LogP contribution >= 0.6 is 0 Å². The van der Waals surface area contributed by atoms with Crippen LogP contribution in [0.4, 0.5) is 4.79 Å². The summed E-state index contributed by atoms with van der Waals surface area (Å²) in [4.78, 5) is 23.0. The van der Waals surface area contributed by atoms with Crippen LogP contribution in [0.3, 0.4) is 0 Å². The highest BCUT2D eigenvalue weighted by Gasteiger charge is 2.29. The zero-order valence-electron chi connectivity index (χ0n) is 14.5. The summed E-state index contributed by atoms with van der Waals surface area (Å²) in [6, 6.07) is 15.5. The molecule has 0 saturated heterocycles. The minimum Gasteiger partial charge on any atom is -0.481 e. The molecule has 2 aromatic rings. The third-order valence-corrected chi connectivity index (χ3v) is 4.45. The number of ether oxygens (including phenoxy) is 2. The Balaban J connectivity index is 1.68. The van der Waals surface area contributed by atoms with Gasteiger partial charge in [0.15, 0.2) is 0 Å². The van der Waals surface area contributed by atoms with E-state index < -0.39 is 18.1 Å². The van der Waals surface area contributed by atoms with E-state index in [1.165, 1.54) is 7.11 Å². The van der Waals surface area contributed by atoms with Crippen LogP contribution in [-0.4, -0.2) is 43.5 Å². The lowest BCUT2D eigenvalue weighted by atomic mass is 9.98. The number of aliphatic carboxylic acids is 1. The van der Waals surface area contributed by atoms with Crippen molar-refractivity contribution >= 4 is 12.1 Å². The maximum atomic E-state index is 12.1. The zero-order valence-corrected chi connectivity index (χ0v) is 14.5. The van der Waals surface area contributed by atoms with Crippen molar-refractivity contribution in [3.05, 3.63) is 59.7 Å². The maximum absolute atomic E-state index is 12.1. The second-order valence-corrected chi connectivity index (χ2v) is 6.22. The molecule has 3 rings (SSSR count). The fourth-order valence-electron chi connectivity index (χ4n) is 3.37. The Labute approximate surface area is 151 Å². The van der Waals surface area contributed by atoms with E-state index in [0.717, 1.165) is 22.3 Å². The van der Waals surface area contributed by atoms with Gasteiger partial charge in [0.2, 0.25) is 0 Å². The van der Waals surface area contributed by atoms with E-state index in [0.29, 0.717) is 0 Å². The predicted octanol–water partition coefficient (Wildman–Crippen LogP) is 3.01. The molecule has 0 aromatic heterocycles. The number of carbonyl (C=O) groups is 2. The van der Waals surface area contributed by atoms with Gasteiger partial charge in [0.1, 0.15) is 6.61 Å². The van der Waals surface area contributed by atoms with Gasteiger partial charge in [-0.05, 0) is 22.3 Å². The number of fused-ring (bicyclic) bond motifs is 3. The van der Waals surface area contributed by atoms with Gasteiger partial charge in [-0.15, -0.1) is 0 Å². The van der Waals surface area contributed by atoms with E-state index >= 15 is 0 Å². The molecule has 1 amide bonds. The molecule has 0 heterocycles. The molecular formula is C20H21NO5. The van der Waals surface area contributed by atoms with Crippen molar-refractivity contribution in [1.82, 2.24) is 5.32 Å². The fourth-order valence-corrected chi connectivity index (χ4v) is 3.37. The normalized spacial score (nSPS) is 13.6. The van der Waals surface area contributed by atoms with Gasteiger partial charge < -0.3 is 19.9 Å². The number of methoxy groups -OCH3 is 1. The molecule has 1 aliphatic carbocycles. The topological polar surface area (TPSA) is 84.9 Å². The van der Waals surface area contributed by atoms with Crippen LogP contribution in [0.2, 0.25) is 0 Å². The Hall–Kier alpha value is -2.86. The minimum atomic E-state index is -1.01. The van der Waals surface area contributed by atoms with Crippen molar-refractivity contribution in [3.8, 4) is 11.1 Å². The molecular weight excluding hydrogens is 334 g/mol. The lowest BCUT2D eigenvalue weighted by Crippen LogP contribution is -2.40. The second-order valence-electron chi connectivity index (χ2n) is 6.22. The SMILES string of the molecule is COC[C@@H](CC(=O)O)NC(=O)OCC1c2ccccc2-c2ccccc21. The predicted molar refractivity (Wildman–Crippen MR) is 96.1 cm³/mol. The summed E-state index contributed by atoms with van der Waals surface area (Å²) in [7, 11) is 1.45. The Morgan fingerprint density at radius 1 is 1.08 bits per heavy atom. The number of carboxylic acid groups (broad SMARTS) is 1. The monoisotopic (exact) mass is 355 g/mol.